The Balaban J connectivity index is 2.80. The molecule has 0 aromatic heterocycles. The average molecular weight is 300 g/mol. The van der Waals surface area contributed by atoms with Gasteiger partial charge in [-0.05, 0) is 35.1 Å². The Bertz CT molecular complexity index is 355. The summed E-state index contributed by atoms with van der Waals surface area (Å²) in [4.78, 5) is 11.8. The lowest BCUT2D eigenvalue weighted by molar-refractivity contribution is 0.0991. The van der Waals surface area contributed by atoms with Gasteiger partial charge >= 0.3 is 0 Å². The molecule has 0 spiro atoms. The Labute approximate surface area is 98.4 Å². The Hall–Kier alpha value is -0.640. The molecule has 0 aliphatic carbocycles. The van der Waals surface area contributed by atoms with Crippen LogP contribution in [-0.4, -0.2) is 5.78 Å². The molecule has 0 aliphatic rings. The lowest BCUT2D eigenvalue weighted by atomic mass is 10.0. The van der Waals surface area contributed by atoms with Gasteiger partial charge in [0.05, 0.1) is 0 Å². The van der Waals surface area contributed by atoms with Crippen LogP contribution in [0.15, 0.2) is 36.4 Å². The van der Waals surface area contributed by atoms with E-state index in [2.05, 4.69) is 29.2 Å². The lowest BCUT2D eigenvalue weighted by Crippen LogP contribution is -2.02. The summed E-state index contributed by atoms with van der Waals surface area (Å²) < 4.78 is 1.01. The van der Waals surface area contributed by atoms with Crippen LogP contribution in [0.5, 0.6) is 0 Å². The van der Waals surface area contributed by atoms with Crippen molar-refractivity contribution in [2.75, 3.05) is 0 Å². The molecule has 0 aliphatic heterocycles. The van der Waals surface area contributed by atoms with Gasteiger partial charge in [0.15, 0.2) is 5.78 Å². The fraction of sp³-hybridized carbons (Fsp3) is 0.250. The van der Waals surface area contributed by atoms with Crippen LogP contribution < -0.4 is 0 Å². The molecule has 0 amide bonds. The van der Waals surface area contributed by atoms with E-state index in [1.165, 1.54) is 0 Å². The fourth-order valence-corrected chi connectivity index (χ4v) is 1.82. The number of ketones is 1. The van der Waals surface area contributed by atoms with E-state index >= 15 is 0 Å². The number of allylic oxidation sites excluding steroid dienone is 1. The first-order valence-corrected chi connectivity index (χ1v) is 5.67. The van der Waals surface area contributed by atoms with Crippen LogP contribution in [0.25, 0.3) is 0 Å². The maximum atomic E-state index is 11.8. The van der Waals surface area contributed by atoms with E-state index in [0.717, 1.165) is 21.1 Å². The van der Waals surface area contributed by atoms with Crippen molar-refractivity contribution in [3.05, 3.63) is 45.6 Å². The summed E-state index contributed by atoms with van der Waals surface area (Å²) in [6, 6.07) is 7.65. The van der Waals surface area contributed by atoms with Gasteiger partial charge in [-0.25, -0.2) is 0 Å². The van der Waals surface area contributed by atoms with E-state index in [9.17, 15) is 4.79 Å². The Kier molecular flexibility index (Phi) is 4.32. The summed E-state index contributed by atoms with van der Waals surface area (Å²) in [5, 5.41) is 0. The highest BCUT2D eigenvalue weighted by Gasteiger charge is 2.09. The Morgan fingerprint density at radius 2 is 2.07 bits per heavy atom. The third-order valence-corrected chi connectivity index (χ3v) is 3.03. The number of benzene rings is 1. The molecule has 0 saturated carbocycles. The summed E-state index contributed by atoms with van der Waals surface area (Å²) >= 11 is 2.18. The van der Waals surface area contributed by atoms with Gasteiger partial charge in [0, 0.05) is 15.6 Å². The van der Waals surface area contributed by atoms with Gasteiger partial charge in [0.25, 0.3) is 0 Å². The van der Waals surface area contributed by atoms with Crippen LogP contribution in [0.1, 0.15) is 30.1 Å². The summed E-state index contributed by atoms with van der Waals surface area (Å²) in [6.07, 6.45) is 1.34. The minimum Gasteiger partial charge on any atom is -0.294 e. The van der Waals surface area contributed by atoms with Gasteiger partial charge in [-0.15, -0.1) is 0 Å². The molecule has 0 heterocycles. The summed E-state index contributed by atoms with van der Waals surface area (Å²) in [6.45, 7) is 5.86. The molecule has 0 unspecified atom stereocenters. The van der Waals surface area contributed by atoms with E-state index in [1.54, 1.807) is 0 Å². The Morgan fingerprint density at radius 3 is 2.64 bits per heavy atom. The van der Waals surface area contributed by atoms with Crippen molar-refractivity contribution in [3.63, 3.8) is 0 Å². The van der Waals surface area contributed by atoms with Crippen molar-refractivity contribution < 1.29 is 4.79 Å². The van der Waals surface area contributed by atoms with Crippen LogP contribution in [0.4, 0.5) is 0 Å². The highest BCUT2D eigenvalue weighted by molar-refractivity contribution is 14.1. The van der Waals surface area contributed by atoms with Crippen molar-refractivity contribution in [1.29, 1.82) is 0 Å². The molecule has 1 aromatic carbocycles. The molecule has 1 aromatic rings. The van der Waals surface area contributed by atoms with Crippen molar-refractivity contribution in [2.24, 2.45) is 0 Å². The third-order valence-electron chi connectivity index (χ3n) is 2.08. The molecule has 1 nitrogen and oxygen atoms in total. The number of hydrogen-bond acceptors (Lipinski definition) is 1. The highest BCUT2D eigenvalue weighted by Crippen LogP contribution is 2.16. The first-order valence-electron chi connectivity index (χ1n) is 4.59. The van der Waals surface area contributed by atoms with E-state index in [0.29, 0.717) is 6.42 Å². The largest absolute Gasteiger partial charge is 0.294 e. The number of hydrogen-bond donors (Lipinski definition) is 0. The topological polar surface area (TPSA) is 17.1 Å². The number of carbonyl (C=O) groups is 1. The zero-order valence-electron chi connectivity index (χ0n) is 8.22. The molecule has 0 fully saturated rings. The Morgan fingerprint density at radius 1 is 1.43 bits per heavy atom. The van der Waals surface area contributed by atoms with Crippen LogP contribution >= 0.6 is 22.6 Å². The van der Waals surface area contributed by atoms with Crippen molar-refractivity contribution in [2.45, 2.75) is 19.8 Å². The molecular weight excluding hydrogens is 287 g/mol. The molecular formula is C12H13IO. The maximum Gasteiger partial charge on any atom is 0.167 e. The predicted octanol–water partition coefficient (Wildman–Crippen LogP) is 3.83. The van der Waals surface area contributed by atoms with E-state index in [1.807, 2.05) is 31.2 Å². The molecule has 0 bridgehead atoms. The first-order chi connectivity index (χ1) is 6.65. The van der Waals surface area contributed by atoms with E-state index in [4.69, 9.17) is 0 Å². The minimum atomic E-state index is 0.168. The van der Waals surface area contributed by atoms with Gasteiger partial charge in [-0.1, -0.05) is 37.3 Å². The van der Waals surface area contributed by atoms with Gasteiger partial charge in [0.2, 0.25) is 0 Å². The van der Waals surface area contributed by atoms with Crippen LogP contribution in [-0.2, 0) is 0 Å². The molecule has 0 saturated heterocycles. The zero-order valence-corrected chi connectivity index (χ0v) is 10.4. The molecule has 0 radical (unpaired) electrons. The van der Waals surface area contributed by atoms with E-state index < -0.39 is 0 Å². The number of carbonyl (C=O) groups excluding carboxylic acids is 1. The molecule has 1 rings (SSSR count). The van der Waals surface area contributed by atoms with Gasteiger partial charge in [-0.2, -0.15) is 0 Å². The van der Waals surface area contributed by atoms with Gasteiger partial charge in [-0.3, -0.25) is 4.79 Å². The molecule has 0 N–H and O–H groups in total. The summed E-state index contributed by atoms with van der Waals surface area (Å²) in [5.74, 6) is 0.168. The molecule has 0 atom stereocenters. The van der Waals surface area contributed by atoms with Gasteiger partial charge < -0.3 is 0 Å². The zero-order chi connectivity index (χ0) is 10.6. The average Bonchev–Trinajstić information content (AvgIpc) is 2.18. The summed E-state index contributed by atoms with van der Waals surface area (Å²) in [5.41, 5.74) is 1.80. The van der Waals surface area contributed by atoms with Crippen LogP contribution in [0.3, 0.4) is 0 Å². The second kappa shape index (κ2) is 5.29. The normalized spacial score (nSPS) is 9.86. The molecule has 14 heavy (non-hydrogen) atoms. The second-order valence-corrected chi connectivity index (χ2v) is 4.35. The molecule has 74 valence electrons. The number of Topliss-reactive ketones (excluding diaryl/α,β-unsaturated/α-hetero) is 1. The standard InChI is InChI=1S/C12H13IO/c1-3-9(2)8-12(14)10-6-4-5-7-11(10)13/h4-7H,2-3,8H2,1H3. The third kappa shape index (κ3) is 2.94. The van der Waals surface area contributed by atoms with E-state index in [-0.39, 0.29) is 5.78 Å². The minimum absolute atomic E-state index is 0.168. The summed E-state index contributed by atoms with van der Waals surface area (Å²) in [7, 11) is 0. The van der Waals surface area contributed by atoms with Gasteiger partial charge in [0.1, 0.15) is 0 Å². The van der Waals surface area contributed by atoms with Crippen LogP contribution in [0.2, 0.25) is 0 Å². The lowest BCUT2D eigenvalue weighted by Gasteiger charge is -2.04. The smallest absolute Gasteiger partial charge is 0.167 e. The van der Waals surface area contributed by atoms with Crippen LogP contribution in [0, 0.1) is 3.57 Å². The van der Waals surface area contributed by atoms with Crippen molar-refractivity contribution >= 4 is 28.4 Å². The van der Waals surface area contributed by atoms with Crippen molar-refractivity contribution in [1.82, 2.24) is 0 Å². The fourth-order valence-electron chi connectivity index (χ4n) is 1.13. The second-order valence-electron chi connectivity index (χ2n) is 3.18. The highest BCUT2D eigenvalue weighted by atomic mass is 127. The monoisotopic (exact) mass is 300 g/mol. The van der Waals surface area contributed by atoms with Crippen molar-refractivity contribution in [3.8, 4) is 0 Å². The number of rotatable bonds is 4. The first kappa shape index (κ1) is 11.4. The molecule has 2 heteroatoms. The quantitative estimate of drug-likeness (QED) is 0.469. The SMILES string of the molecule is C=C(CC)CC(=O)c1ccccc1I. The predicted molar refractivity (Wildman–Crippen MR) is 67.5 cm³/mol. The number of halogens is 1. The maximum absolute atomic E-state index is 11.8.